The van der Waals surface area contributed by atoms with E-state index in [0.717, 1.165) is 23.1 Å². The smallest absolute Gasteiger partial charge is 0.223 e. The number of hydrogen-bond donors (Lipinski definition) is 1. The molecule has 0 saturated heterocycles. The third kappa shape index (κ3) is 5.45. The van der Waals surface area contributed by atoms with Crippen LogP contribution in [0.4, 0.5) is 0 Å². The monoisotopic (exact) mass is 435 g/mol. The number of benzene rings is 1. The molecular formula is C14H19ClIN5O. The second-order valence-electron chi connectivity index (χ2n) is 4.61. The van der Waals surface area contributed by atoms with Crippen molar-refractivity contribution in [3.8, 4) is 0 Å². The van der Waals surface area contributed by atoms with Crippen LogP contribution < -0.4 is 5.32 Å². The Morgan fingerprint density at radius 2 is 2.05 bits per heavy atom. The summed E-state index contributed by atoms with van der Waals surface area (Å²) in [5.41, 5.74) is 1.15. The van der Waals surface area contributed by atoms with Crippen molar-refractivity contribution in [3.63, 3.8) is 0 Å². The maximum atomic E-state index is 5.89. The molecule has 2 aromatic rings. The van der Waals surface area contributed by atoms with E-state index in [1.807, 2.05) is 36.2 Å². The highest BCUT2D eigenvalue weighted by atomic mass is 127. The molecule has 0 aliphatic rings. The predicted octanol–water partition coefficient (Wildman–Crippen LogP) is 2.86. The summed E-state index contributed by atoms with van der Waals surface area (Å²) in [4.78, 5) is 10.4. The first kappa shape index (κ1) is 18.7. The highest BCUT2D eigenvalue weighted by Crippen LogP contribution is 2.11. The summed E-state index contributed by atoms with van der Waals surface area (Å²) in [6.07, 6.45) is 0. The Morgan fingerprint density at radius 1 is 1.36 bits per heavy atom. The summed E-state index contributed by atoms with van der Waals surface area (Å²) in [6, 6.07) is 7.75. The standard InChI is InChI=1S/C14H18ClN5O.HI/c1-10-18-13(19-21-10)8-17-14(16-2)20(3)9-11-4-6-12(15)7-5-11;/h4-7H,8-9H2,1-3H3,(H,16,17);1H. The van der Waals surface area contributed by atoms with Gasteiger partial charge in [0.05, 0.1) is 6.54 Å². The zero-order valence-electron chi connectivity index (χ0n) is 12.7. The van der Waals surface area contributed by atoms with Crippen molar-refractivity contribution in [2.45, 2.75) is 20.0 Å². The summed E-state index contributed by atoms with van der Waals surface area (Å²) in [5.74, 6) is 1.91. The molecule has 0 unspecified atom stereocenters. The first-order valence-corrected chi connectivity index (χ1v) is 6.91. The third-order valence-corrected chi connectivity index (χ3v) is 3.13. The second kappa shape index (κ2) is 8.94. The molecule has 22 heavy (non-hydrogen) atoms. The van der Waals surface area contributed by atoms with Crippen LogP contribution in [0.5, 0.6) is 0 Å². The van der Waals surface area contributed by atoms with Crippen molar-refractivity contribution in [3.05, 3.63) is 46.6 Å². The van der Waals surface area contributed by atoms with Crippen molar-refractivity contribution in [1.29, 1.82) is 0 Å². The van der Waals surface area contributed by atoms with Crippen LogP contribution >= 0.6 is 35.6 Å². The average molecular weight is 436 g/mol. The Kier molecular flexibility index (Phi) is 7.60. The van der Waals surface area contributed by atoms with Gasteiger partial charge in [-0.1, -0.05) is 28.9 Å². The van der Waals surface area contributed by atoms with Gasteiger partial charge in [0.15, 0.2) is 11.8 Å². The summed E-state index contributed by atoms with van der Waals surface area (Å²) in [5, 5.41) is 7.77. The number of nitrogens with zero attached hydrogens (tertiary/aromatic N) is 4. The van der Waals surface area contributed by atoms with Gasteiger partial charge in [0.25, 0.3) is 0 Å². The molecule has 0 radical (unpaired) electrons. The lowest BCUT2D eigenvalue weighted by Gasteiger charge is -2.21. The Balaban J connectivity index is 0.00000242. The molecule has 0 atom stereocenters. The van der Waals surface area contributed by atoms with Crippen LogP contribution in [0, 0.1) is 6.92 Å². The molecular weight excluding hydrogens is 417 g/mol. The van der Waals surface area contributed by atoms with Crippen molar-refractivity contribution < 1.29 is 4.52 Å². The van der Waals surface area contributed by atoms with E-state index < -0.39 is 0 Å². The highest BCUT2D eigenvalue weighted by Gasteiger charge is 2.08. The largest absolute Gasteiger partial charge is 0.349 e. The van der Waals surface area contributed by atoms with Crippen molar-refractivity contribution in [1.82, 2.24) is 20.4 Å². The molecule has 0 aliphatic carbocycles. The molecule has 6 nitrogen and oxygen atoms in total. The summed E-state index contributed by atoms with van der Waals surface area (Å²) >= 11 is 5.89. The number of nitrogens with one attached hydrogen (secondary N) is 1. The molecule has 0 amide bonds. The topological polar surface area (TPSA) is 66.5 Å². The Morgan fingerprint density at radius 3 is 2.59 bits per heavy atom. The first-order valence-electron chi connectivity index (χ1n) is 6.54. The molecule has 1 N–H and O–H groups in total. The molecule has 1 aromatic carbocycles. The predicted molar refractivity (Wildman–Crippen MR) is 97.6 cm³/mol. The van der Waals surface area contributed by atoms with E-state index in [1.165, 1.54) is 0 Å². The van der Waals surface area contributed by atoms with E-state index in [4.69, 9.17) is 16.1 Å². The van der Waals surface area contributed by atoms with Gasteiger partial charge < -0.3 is 14.7 Å². The zero-order chi connectivity index (χ0) is 15.2. The van der Waals surface area contributed by atoms with Gasteiger partial charge in [-0.25, -0.2) is 0 Å². The van der Waals surface area contributed by atoms with E-state index >= 15 is 0 Å². The summed E-state index contributed by atoms with van der Waals surface area (Å²) in [6.45, 7) is 2.95. The number of aromatic nitrogens is 2. The van der Waals surface area contributed by atoms with E-state index in [9.17, 15) is 0 Å². The Bertz CT molecular complexity index is 614. The SMILES string of the molecule is CN=C(NCc1noc(C)n1)N(C)Cc1ccc(Cl)cc1.I. The number of rotatable bonds is 4. The second-order valence-corrected chi connectivity index (χ2v) is 5.05. The van der Waals surface area contributed by atoms with Gasteiger partial charge in [-0.15, -0.1) is 24.0 Å². The van der Waals surface area contributed by atoms with Crippen LogP contribution in [0.3, 0.4) is 0 Å². The minimum Gasteiger partial charge on any atom is -0.349 e. The zero-order valence-corrected chi connectivity index (χ0v) is 15.8. The Hall–Kier alpha value is -1.35. The van der Waals surface area contributed by atoms with E-state index in [0.29, 0.717) is 18.3 Å². The van der Waals surface area contributed by atoms with Crippen molar-refractivity contribution in [2.24, 2.45) is 4.99 Å². The fraction of sp³-hybridized carbons (Fsp3) is 0.357. The third-order valence-electron chi connectivity index (χ3n) is 2.88. The molecule has 1 heterocycles. The molecule has 2 rings (SSSR count). The molecule has 1 aromatic heterocycles. The highest BCUT2D eigenvalue weighted by molar-refractivity contribution is 14.0. The molecule has 0 spiro atoms. The van der Waals surface area contributed by atoms with Crippen LogP contribution in [-0.4, -0.2) is 35.1 Å². The first-order chi connectivity index (χ1) is 10.1. The minimum absolute atomic E-state index is 0. The van der Waals surface area contributed by atoms with E-state index in [-0.39, 0.29) is 24.0 Å². The van der Waals surface area contributed by atoms with Gasteiger partial charge in [0, 0.05) is 32.6 Å². The number of aryl methyl sites for hydroxylation is 1. The minimum atomic E-state index is 0. The van der Waals surface area contributed by atoms with Crippen molar-refractivity contribution >= 4 is 41.5 Å². The number of hydrogen-bond acceptors (Lipinski definition) is 4. The summed E-state index contributed by atoms with van der Waals surface area (Å²) in [7, 11) is 3.70. The van der Waals surface area contributed by atoms with Crippen LogP contribution in [0.25, 0.3) is 0 Å². The molecule has 0 bridgehead atoms. The molecule has 8 heteroatoms. The van der Waals surface area contributed by atoms with Gasteiger partial charge >= 0.3 is 0 Å². The van der Waals surface area contributed by atoms with E-state index in [2.05, 4.69) is 20.4 Å². The van der Waals surface area contributed by atoms with Crippen LogP contribution in [0.2, 0.25) is 5.02 Å². The molecule has 0 fully saturated rings. The molecule has 120 valence electrons. The van der Waals surface area contributed by atoms with Crippen LogP contribution in [-0.2, 0) is 13.1 Å². The number of halogens is 2. The number of aliphatic imine (C=N–C) groups is 1. The van der Waals surface area contributed by atoms with Crippen LogP contribution in [0.1, 0.15) is 17.3 Å². The average Bonchev–Trinajstić information content (AvgIpc) is 2.88. The lowest BCUT2D eigenvalue weighted by atomic mass is 10.2. The lowest BCUT2D eigenvalue weighted by molar-refractivity contribution is 0.386. The van der Waals surface area contributed by atoms with Crippen LogP contribution in [0.15, 0.2) is 33.8 Å². The maximum Gasteiger partial charge on any atom is 0.223 e. The Labute approximate surface area is 152 Å². The summed E-state index contributed by atoms with van der Waals surface area (Å²) < 4.78 is 4.93. The fourth-order valence-corrected chi connectivity index (χ4v) is 2.02. The lowest BCUT2D eigenvalue weighted by Crippen LogP contribution is -2.38. The van der Waals surface area contributed by atoms with Crippen molar-refractivity contribution in [2.75, 3.05) is 14.1 Å². The normalized spacial score (nSPS) is 11.0. The van der Waals surface area contributed by atoms with Gasteiger partial charge in [-0.05, 0) is 17.7 Å². The molecule has 0 saturated carbocycles. The van der Waals surface area contributed by atoms with Gasteiger partial charge in [-0.3, -0.25) is 4.99 Å². The maximum absolute atomic E-state index is 5.89. The van der Waals surface area contributed by atoms with Gasteiger partial charge in [-0.2, -0.15) is 4.98 Å². The van der Waals surface area contributed by atoms with Gasteiger partial charge in [0.2, 0.25) is 5.89 Å². The molecule has 0 aliphatic heterocycles. The number of guanidine groups is 1. The quantitative estimate of drug-likeness (QED) is 0.454. The fourth-order valence-electron chi connectivity index (χ4n) is 1.89. The van der Waals surface area contributed by atoms with E-state index in [1.54, 1.807) is 14.0 Å². The van der Waals surface area contributed by atoms with Gasteiger partial charge in [0.1, 0.15) is 0 Å².